The minimum atomic E-state index is -4.46. The second kappa shape index (κ2) is 4.13. The summed E-state index contributed by atoms with van der Waals surface area (Å²) in [5, 5.41) is 9.55. The van der Waals surface area contributed by atoms with Gasteiger partial charge in [-0.2, -0.15) is 13.2 Å². The molecule has 1 unspecified atom stereocenters. The number of halogens is 3. The van der Waals surface area contributed by atoms with E-state index in [4.69, 9.17) is 4.74 Å². The van der Waals surface area contributed by atoms with Crippen molar-refractivity contribution in [3.8, 4) is 5.75 Å². The maximum absolute atomic E-state index is 13.0. The van der Waals surface area contributed by atoms with Crippen LogP contribution < -0.4 is 4.74 Å². The molecule has 5 heteroatoms. The predicted molar refractivity (Wildman–Crippen MR) is 65.2 cm³/mol. The van der Waals surface area contributed by atoms with Gasteiger partial charge in [0, 0.05) is 5.41 Å². The molecule has 19 heavy (non-hydrogen) atoms. The Labute approximate surface area is 110 Å². The van der Waals surface area contributed by atoms with Crippen LogP contribution in [0.1, 0.15) is 31.4 Å². The molecule has 1 N–H and O–H groups in total. The minimum absolute atomic E-state index is 0.149. The number of alkyl halides is 3. The summed E-state index contributed by atoms with van der Waals surface area (Å²) in [6.45, 7) is 3.74. The van der Waals surface area contributed by atoms with Gasteiger partial charge in [0.2, 0.25) is 0 Å². The summed E-state index contributed by atoms with van der Waals surface area (Å²) in [6, 6.07) is 4.03. The Bertz CT molecular complexity index is 494. The fourth-order valence-corrected chi connectivity index (χ4v) is 2.79. The van der Waals surface area contributed by atoms with E-state index in [1.165, 1.54) is 13.2 Å². The quantitative estimate of drug-likeness (QED) is 0.915. The molecule has 106 valence electrons. The van der Waals surface area contributed by atoms with Gasteiger partial charge >= 0.3 is 6.18 Å². The van der Waals surface area contributed by atoms with E-state index in [-0.39, 0.29) is 17.8 Å². The second-order valence-electron chi connectivity index (χ2n) is 5.71. The van der Waals surface area contributed by atoms with Gasteiger partial charge in [0.1, 0.15) is 5.75 Å². The van der Waals surface area contributed by atoms with Crippen molar-refractivity contribution >= 4 is 0 Å². The van der Waals surface area contributed by atoms with Crippen molar-refractivity contribution in [2.75, 3.05) is 13.7 Å². The van der Waals surface area contributed by atoms with Crippen LogP contribution >= 0.6 is 0 Å². The summed E-state index contributed by atoms with van der Waals surface area (Å²) in [4.78, 5) is 0. The number of aliphatic hydroxyl groups is 1. The van der Waals surface area contributed by atoms with Crippen LogP contribution in [0.15, 0.2) is 18.2 Å². The number of hydrogen-bond acceptors (Lipinski definition) is 2. The van der Waals surface area contributed by atoms with Gasteiger partial charge in [0.25, 0.3) is 0 Å². The molecule has 1 saturated carbocycles. The van der Waals surface area contributed by atoms with Crippen molar-refractivity contribution < 1.29 is 23.0 Å². The standard InChI is InChI=1S/C14H17F3O2/c1-12(2)7-13(12,8-18)9-4-5-11(19-3)10(6-9)14(15,16)17/h4-6,18H,7-8H2,1-3H3. The lowest BCUT2D eigenvalue weighted by molar-refractivity contribution is -0.138. The van der Waals surface area contributed by atoms with Crippen LogP contribution in [0.3, 0.4) is 0 Å². The zero-order valence-corrected chi connectivity index (χ0v) is 11.1. The Morgan fingerprint density at radius 2 is 1.89 bits per heavy atom. The molecule has 0 heterocycles. The fraction of sp³-hybridized carbons (Fsp3) is 0.571. The molecule has 1 aliphatic rings. The Morgan fingerprint density at radius 1 is 1.32 bits per heavy atom. The minimum Gasteiger partial charge on any atom is -0.496 e. The predicted octanol–water partition coefficient (Wildman–Crippen LogP) is 3.37. The van der Waals surface area contributed by atoms with E-state index < -0.39 is 17.2 Å². The van der Waals surface area contributed by atoms with Crippen LogP contribution in [0, 0.1) is 5.41 Å². The third kappa shape index (κ3) is 2.10. The highest BCUT2D eigenvalue weighted by Crippen LogP contribution is 2.64. The van der Waals surface area contributed by atoms with Crippen molar-refractivity contribution in [2.45, 2.75) is 31.9 Å². The van der Waals surface area contributed by atoms with Crippen molar-refractivity contribution in [1.82, 2.24) is 0 Å². The smallest absolute Gasteiger partial charge is 0.419 e. The third-order valence-electron chi connectivity index (χ3n) is 4.24. The largest absolute Gasteiger partial charge is 0.496 e. The highest BCUT2D eigenvalue weighted by atomic mass is 19.4. The maximum Gasteiger partial charge on any atom is 0.419 e. The lowest BCUT2D eigenvalue weighted by atomic mass is 9.87. The van der Waals surface area contributed by atoms with Crippen molar-refractivity contribution in [1.29, 1.82) is 0 Å². The van der Waals surface area contributed by atoms with Crippen LogP contribution in [-0.2, 0) is 11.6 Å². The van der Waals surface area contributed by atoms with E-state index >= 15 is 0 Å². The average molecular weight is 274 g/mol. The Morgan fingerprint density at radius 3 is 2.26 bits per heavy atom. The highest BCUT2D eigenvalue weighted by molar-refractivity contribution is 5.46. The van der Waals surface area contributed by atoms with Crippen LogP contribution in [-0.4, -0.2) is 18.8 Å². The van der Waals surface area contributed by atoms with Gasteiger partial charge in [-0.3, -0.25) is 0 Å². The number of hydrogen-bond donors (Lipinski definition) is 1. The van der Waals surface area contributed by atoms with Crippen LogP contribution in [0.5, 0.6) is 5.75 Å². The van der Waals surface area contributed by atoms with Crippen molar-refractivity contribution in [3.63, 3.8) is 0 Å². The third-order valence-corrected chi connectivity index (χ3v) is 4.24. The summed E-state index contributed by atoms with van der Waals surface area (Å²) in [7, 11) is 1.22. The monoisotopic (exact) mass is 274 g/mol. The normalized spacial score (nSPS) is 25.2. The lowest BCUT2D eigenvalue weighted by Crippen LogP contribution is -2.20. The molecule has 0 bridgehead atoms. The topological polar surface area (TPSA) is 29.5 Å². The van der Waals surface area contributed by atoms with Crippen molar-refractivity contribution in [3.05, 3.63) is 29.3 Å². The molecule has 1 aliphatic carbocycles. The van der Waals surface area contributed by atoms with Gasteiger partial charge in [-0.25, -0.2) is 0 Å². The first kappa shape index (κ1) is 14.2. The van der Waals surface area contributed by atoms with Gasteiger partial charge in [-0.05, 0) is 29.5 Å². The first-order valence-corrected chi connectivity index (χ1v) is 6.04. The zero-order chi connectivity index (χ0) is 14.5. The summed E-state index contributed by atoms with van der Waals surface area (Å²) in [5.41, 5.74) is -1.02. The first-order valence-electron chi connectivity index (χ1n) is 6.04. The van der Waals surface area contributed by atoms with E-state index in [0.29, 0.717) is 12.0 Å². The van der Waals surface area contributed by atoms with Gasteiger partial charge in [0.05, 0.1) is 19.3 Å². The molecule has 0 aromatic heterocycles. The molecule has 1 aromatic carbocycles. The summed E-state index contributed by atoms with van der Waals surface area (Å²) < 4.78 is 43.7. The summed E-state index contributed by atoms with van der Waals surface area (Å²) >= 11 is 0. The Kier molecular flexibility index (Phi) is 3.08. The van der Waals surface area contributed by atoms with Crippen LogP contribution in [0.4, 0.5) is 13.2 Å². The average Bonchev–Trinajstić information content (AvgIpc) is 2.91. The molecular weight excluding hydrogens is 257 g/mol. The van der Waals surface area contributed by atoms with E-state index in [0.717, 1.165) is 6.07 Å². The molecule has 1 atom stereocenters. The molecule has 0 spiro atoms. The highest BCUT2D eigenvalue weighted by Gasteiger charge is 2.61. The fourth-order valence-electron chi connectivity index (χ4n) is 2.79. The number of aliphatic hydroxyl groups excluding tert-OH is 1. The number of benzene rings is 1. The molecule has 0 saturated heterocycles. The molecule has 2 rings (SSSR count). The Balaban J connectivity index is 2.51. The maximum atomic E-state index is 13.0. The SMILES string of the molecule is COc1ccc(C2(CO)CC2(C)C)cc1C(F)(F)F. The lowest BCUT2D eigenvalue weighted by Gasteiger charge is -2.21. The second-order valence-corrected chi connectivity index (χ2v) is 5.71. The van der Waals surface area contributed by atoms with Gasteiger partial charge < -0.3 is 9.84 Å². The molecule has 0 aliphatic heterocycles. The van der Waals surface area contributed by atoms with E-state index in [2.05, 4.69) is 0 Å². The van der Waals surface area contributed by atoms with Gasteiger partial charge in [0.15, 0.2) is 0 Å². The van der Waals surface area contributed by atoms with E-state index in [9.17, 15) is 18.3 Å². The molecule has 0 amide bonds. The zero-order valence-electron chi connectivity index (χ0n) is 11.1. The van der Waals surface area contributed by atoms with E-state index in [1.807, 2.05) is 13.8 Å². The molecule has 0 radical (unpaired) electrons. The molecular formula is C14H17F3O2. The number of methoxy groups -OCH3 is 1. The molecule has 2 nitrogen and oxygen atoms in total. The first-order chi connectivity index (χ1) is 8.68. The Hall–Kier alpha value is -1.23. The summed E-state index contributed by atoms with van der Waals surface area (Å²) in [6.07, 6.45) is -3.78. The number of ether oxygens (including phenoxy) is 1. The van der Waals surface area contributed by atoms with Gasteiger partial charge in [-0.1, -0.05) is 19.9 Å². The molecule has 1 fully saturated rings. The molecule has 1 aromatic rings. The van der Waals surface area contributed by atoms with Gasteiger partial charge in [-0.15, -0.1) is 0 Å². The van der Waals surface area contributed by atoms with Crippen molar-refractivity contribution in [2.24, 2.45) is 5.41 Å². The summed E-state index contributed by atoms with van der Waals surface area (Å²) in [5.74, 6) is -0.192. The van der Waals surface area contributed by atoms with E-state index in [1.54, 1.807) is 6.07 Å². The van der Waals surface area contributed by atoms with Crippen LogP contribution in [0.2, 0.25) is 0 Å². The van der Waals surface area contributed by atoms with Crippen LogP contribution in [0.25, 0.3) is 0 Å². The number of rotatable bonds is 3.